The number of halogens is 3. The number of nitrogens with one attached hydrogen (secondary N) is 2. The summed E-state index contributed by atoms with van der Waals surface area (Å²) in [5.41, 5.74) is 0.536. The summed E-state index contributed by atoms with van der Waals surface area (Å²) < 4.78 is 45.1. The highest BCUT2D eigenvalue weighted by atomic mass is 32.2. The average Bonchev–Trinajstić information content (AvgIpc) is 3.42. The summed E-state index contributed by atoms with van der Waals surface area (Å²) in [6.07, 6.45) is -2.89. The fourth-order valence-electron chi connectivity index (χ4n) is 3.87. The monoisotopic (exact) mass is 502 g/mol. The fraction of sp³-hybridized carbons (Fsp3) is 0.550. The van der Waals surface area contributed by atoms with Crippen LogP contribution in [0.4, 0.5) is 23.8 Å². The Morgan fingerprint density at radius 3 is 2.76 bits per heavy atom. The van der Waals surface area contributed by atoms with Gasteiger partial charge in [-0.05, 0) is 25.6 Å². The first kappa shape index (κ1) is 24.2. The predicted molar refractivity (Wildman–Crippen MR) is 122 cm³/mol. The minimum Gasteiger partial charge on any atom is -0.379 e. The summed E-state index contributed by atoms with van der Waals surface area (Å²) in [5, 5.41) is 6.51. The third kappa shape index (κ3) is 5.43. The molecule has 0 spiro atoms. The second-order valence-electron chi connectivity index (χ2n) is 7.67. The Kier molecular flexibility index (Phi) is 7.43. The topological polar surface area (TPSA) is 82.6 Å². The summed E-state index contributed by atoms with van der Waals surface area (Å²) in [5.74, 6) is 1.01. The van der Waals surface area contributed by atoms with Crippen molar-refractivity contribution < 1.29 is 22.7 Å². The normalized spacial score (nSPS) is 22.5. The van der Waals surface area contributed by atoms with E-state index in [2.05, 4.69) is 30.4 Å². The summed E-state index contributed by atoms with van der Waals surface area (Å²) in [6.45, 7) is 5.25. The molecule has 2 saturated heterocycles. The number of hydrogen-bond donors (Lipinski definition) is 2. The van der Waals surface area contributed by atoms with Crippen LogP contribution in [-0.4, -0.2) is 76.9 Å². The van der Waals surface area contributed by atoms with Crippen LogP contribution in [0.25, 0.3) is 10.6 Å². The lowest BCUT2D eigenvalue weighted by Gasteiger charge is -2.36. The molecule has 0 aliphatic carbocycles. The van der Waals surface area contributed by atoms with E-state index in [9.17, 15) is 18.0 Å². The van der Waals surface area contributed by atoms with Crippen molar-refractivity contribution in [3.8, 4) is 10.6 Å². The van der Waals surface area contributed by atoms with E-state index in [1.54, 1.807) is 30.9 Å². The molecule has 8 nitrogen and oxygen atoms in total. The standard InChI is InChI=1S/C20H25F3N6O2S2/c1-3-24-18(30)27-16-8-12(17-26-15(11-32-17)20(21,22)23)13(9-25-16)14-10-33-19(28(14)2)29-4-6-31-7-5-29/h8-9,11,14,19H,3-7,10H2,1-2H3,(H2,24,25,27,30). The van der Waals surface area contributed by atoms with E-state index in [0.29, 0.717) is 25.3 Å². The van der Waals surface area contributed by atoms with Gasteiger partial charge in [-0.1, -0.05) is 0 Å². The molecule has 2 aromatic rings. The first-order chi connectivity index (χ1) is 15.8. The quantitative estimate of drug-likeness (QED) is 0.645. The number of morpholine rings is 1. The smallest absolute Gasteiger partial charge is 0.379 e. The van der Waals surface area contributed by atoms with Crippen molar-refractivity contribution in [2.45, 2.75) is 24.6 Å². The number of carbonyl (C=O) groups is 1. The molecule has 2 aliphatic rings. The maximum atomic E-state index is 13.2. The van der Waals surface area contributed by atoms with Crippen LogP contribution in [0.1, 0.15) is 24.2 Å². The fourth-order valence-corrected chi connectivity index (χ4v) is 6.31. The zero-order chi connectivity index (χ0) is 23.6. The van der Waals surface area contributed by atoms with E-state index >= 15 is 0 Å². The van der Waals surface area contributed by atoms with Crippen LogP contribution in [-0.2, 0) is 10.9 Å². The minimum atomic E-state index is -4.52. The molecular formula is C20H25F3N6O2S2. The van der Waals surface area contributed by atoms with E-state index in [0.717, 1.165) is 41.1 Å². The molecule has 2 fully saturated rings. The molecule has 0 aromatic carbocycles. The maximum absolute atomic E-state index is 13.2. The number of aromatic nitrogens is 2. The summed E-state index contributed by atoms with van der Waals surface area (Å²) in [6, 6.07) is 1.10. The maximum Gasteiger partial charge on any atom is 0.434 e. The van der Waals surface area contributed by atoms with Gasteiger partial charge in [-0.25, -0.2) is 14.8 Å². The van der Waals surface area contributed by atoms with E-state index in [4.69, 9.17) is 4.74 Å². The molecule has 2 N–H and O–H groups in total. The number of alkyl halides is 3. The number of anilines is 1. The van der Waals surface area contributed by atoms with Crippen molar-refractivity contribution in [3.05, 3.63) is 28.9 Å². The Hall–Kier alpha value is -1.93. The first-order valence-electron chi connectivity index (χ1n) is 10.5. The first-order valence-corrected chi connectivity index (χ1v) is 12.4. The Morgan fingerprint density at radius 2 is 2.09 bits per heavy atom. The molecule has 4 heterocycles. The van der Waals surface area contributed by atoms with Gasteiger partial charge in [0.15, 0.2) is 5.69 Å². The highest BCUT2D eigenvalue weighted by molar-refractivity contribution is 8.00. The third-order valence-electron chi connectivity index (χ3n) is 5.50. The molecule has 13 heteroatoms. The van der Waals surface area contributed by atoms with E-state index in [1.807, 2.05) is 7.05 Å². The number of carbonyl (C=O) groups excluding carboxylic acids is 1. The molecule has 4 rings (SSSR count). The molecule has 0 radical (unpaired) electrons. The van der Waals surface area contributed by atoms with Gasteiger partial charge in [0.1, 0.15) is 16.3 Å². The molecular weight excluding hydrogens is 477 g/mol. The largest absolute Gasteiger partial charge is 0.434 e. The van der Waals surface area contributed by atoms with Gasteiger partial charge in [0.05, 0.1) is 13.2 Å². The number of nitrogens with zero attached hydrogens (tertiary/aromatic N) is 4. The van der Waals surface area contributed by atoms with Gasteiger partial charge in [0, 0.05) is 48.6 Å². The van der Waals surface area contributed by atoms with Crippen LogP contribution >= 0.6 is 23.1 Å². The van der Waals surface area contributed by atoms with Crippen LogP contribution in [0, 0.1) is 0 Å². The van der Waals surface area contributed by atoms with Gasteiger partial charge in [0.25, 0.3) is 0 Å². The average molecular weight is 503 g/mol. The Morgan fingerprint density at radius 1 is 1.33 bits per heavy atom. The summed E-state index contributed by atoms with van der Waals surface area (Å²) in [4.78, 5) is 24.7. The lowest BCUT2D eigenvalue weighted by atomic mass is 10.0. The van der Waals surface area contributed by atoms with Crippen molar-refractivity contribution in [2.24, 2.45) is 0 Å². The third-order valence-corrected chi connectivity index (χ3v) is 7.81. The lowest BCUT2D eigenvalue weighted by molar-refractivity contribution is -0.140. The molecule has 2 aromatic heterocycles. The van der Waals surface area contributed by atoms with E-state index in [1.165, 1.54) is 0 Å². The zero-order valence-electron chi connectivity index (χ0n) is 18.2. The predicted octanol–water partition coefficient (Wildman–Crippen LogP) is 3.70. The van der Waals surface area contributed by atoms with Gasteiger partial charge >= 0.3 is 12.2 Å². The number of amides is 2. The second kappa shape index (κ2) is 10.1. The van der Waals surface area contributed by atoms with Crippen LogP contribution in [0.15, 0.2) is 17.6 Å². The molecule has 0 saturated carbocycles. The number of ether oxygens (including phenoxy) is 1. The van der Waals surface area contributed by atoms with Crippen LogP contribution in [0.3, 0.4) is 0 Å². The molecule has 180 valence electrons. The summed E-state index contributed by atoms with van der Waals surface area (Å²) in [7, 11) is 2.01. The van der Waals surface area contributed by atoms with Crippen LogP contribution < -0.4 is 10.6 Å². The Bertz CT molecular complexity index is 983. The number of hydrogen-bond acceptors (Lipinski definition) is 8. The zero-order valence-corrected chi connectivity index (χ0v) is 19.8. The molecule has 0 bridgehead atoms. The summed E-state index contributed by atoms with van der Waals surface area (Å²) >= 11 is 2.72. The number of rotatable bonds is 5. The van der Waals surface area contributed by atoms with Crippen molar-refractivity contribution in [1.82, 2.24) is 25.1 Å². The lowest BCUT2D eigenvalue weighted by Crippen LogP contribution is -2.47. The van der Waals surface area contributed by atoms with Crippen LogP contribution in [0.5, 0.6) is 0 Å². The Labute approximate surface area is 197 Å². The van der Waals surface area contributed by atoms with Gasteiger partial charge in [-0.15, -0.1) is 23.1 Å². The highest BCUT2D eigenvalue weighted by Crippen LogP contribution is 2.43. The van der Waals surface area contributed by atoms with E-state index < -0.39 is 17.9 Å². The minimum absolute atomic E-state index is 0.0675. The molecule has 33 heavy (non-hydrogen) atoms. The molecule has 2 atom stereocenters. The SMILES string of the molecule is CCNC(=O)Nc1cc(-c2nc(C(F)(F)F)cs2)c(C2CSC(N3CCOCC3)N2C)cn1. The van der Waals surface area contributed by atoms with Gasteiger partial charge in [-0.2, -0.15) is 13.2 Å². The van der Waals surface area contributed by atoms with Gasteiger partial charge in [0.2, 0.25) is 0 Å². The van der Waals surface area contributed by atoms with Crippen molar-refractivity contribution >= 4 is 34.9 Å². The highest BCUT2D eigenvalue weighted by Gasteiger charge is 2.39. The van der Waals surface area contributed by atoms with Crippen LogP contribution in [0.2, 0.25) is 0 Å². The second-order valence-corrected chi connectivity index (χ2v) is 9.61. The van der Waals surface area contributed by atoms with E-state index in [-0.39, 0.29) is 22.4 Å². The Balaban J connectivity index is 1.66. The van der Waals surface area contributed by atoms with Gasteiger partial charge < -0.3 is 10.1 Å². The van der Waals surface area contributed by atoms with Crippen molar-refractivity contribution in [1.29, 1.82) is 0 Å². The molecule has 2 unspecified atom stereocenters. The van der Waals surface area contributed by atoms with Crippen molar-refractivity contribution in [3.63, 3.8) is 0 Å². The number of thiazole rings is 1. The molecule has 2 amide bonds. The number of urea groups is 1. The van der Waals surface area contributed by atoms with Gasteiger partial charge in [-0.3, -0.25) is 15.1 Å². The van der Waals surface area contributed by atoms with Crippen molar-refractivity contribution in [2.75, 3.05) is 51.0 Å². The number of thioether (sulfide) groups is 1. The number of pyridine rings is 1. The molecule has 2 aliphatic heterocycles.